The van der Waals surface area contributed by atoms with E-state index in [0.29, 0.717) is 6.08 Å². The average Bonchev–Trinajstić information content (AvgIpc) is 1.59. The number of isocyanates is 1. The summed E-state index contributed by atoms with van der Waals surface area (Å²) in [5, 5.41) is 0. The second-order valence-electron chi connectivity index (χ2n) is 1.39. The molecule has 0 saturated carbocycles. The second-order valence-corrected chi connectivity index (χ2v) is 1.39. The van der Waals surface area contributed by atoms with E-state index in [2.05, 4.69) is 4.99 Å². The maximum atomic E-state index is 11.2. The lowest BCUT2D eigenvalue weighted by Crippen LogP contribution is -2.12. The van der Waals surface area contributed by atoms with Crippen LogP contribution in [0.3, 0.4) is 0 Å². The zero-order valence-electron chi connectivity index (χ0n) is 4.60. The predicted octanol–water partition coefficient (Wildman–Crippen LogP) is 0.801. The van der Waals surface area contributed by atoms with Gasteiger partial charge in [-0.1, -0.05) is 0 Å². The van der Waals surface area contributed by atoms with Crippen molar-refractivity contribution in [1.29, 1.82) is 0 Å². The van der Waals surface area contributed by atoms with Gasteiger partial charge in [0.2, 0.25) is 6.08 Å². The number of aliphatic imine (C=N–C) groups is 1. The predicted molar refractivity (Wildman–Crippen MR) is 23.8 cm³/mol. The standard InChI is InChI=1S/C4H2F3NO2/c5-4(6,7)1-3(10)8-2-9/h1H2. The molecular weight excluding hydrogens is 151 g/mol. The fourth-order valence-electron chi connectivity index (χ4n) is 0.262. The number of carbonyl (C=O) groups excluding carboxylic acids is 2. The number of halogens is 3. The van der Waals surface area contributed by atoms with Crippen LogP contribution in [0.15, 0.2) is 4.99 Å². The van der Waals surface area contributed by atoms with E-state index in [1.807, 2.05) is 0 Å². The topological polar surface area (TPSA) is 46.5 Å². The highest BCUT2D eigenvalue weighted by atomic mass is 19.4. The normalized spacial score (nSPS) is 10.3. The SMILES string of the molecule is O=C=NC(=O)CC(F)(F)F. The molecule has 0 N–H and O–H groups in total. The van der Waals surface area contributed by atoms with Gasteiger partial charge < -0.3 is 0 Å². The molecule has 0 saturated heterocycles. The monoisotopic (exact) mass is 153 g/mol. The van der Waals surface area contributed by atoms with E-state index in [9.17, 15) is 22.8 Å². The van der Waals surface area contributed by atoms with Gasteiger partial charge in [-0.3, -0.25) is 4.79 Å². The number of alkyl halides is 3. The highest BCUT2D eigenvalue weighted by molar-refractivity contribution is 5.81. The zero-order valence-corrected chi connectivity index (χ0v) is 4.60. The molecule has 6 heteroatoms. The molecule has 0 aliphatic heterocycles. The third-order valence-electron chi connectivity index (χ3n) is 0.522. The lowest BCUT2D eigenvalue weighted by atomic mass is 10.4. The molecule has 0 radical (unpaired) electrons. The summed E-state index contributed by atoms with van der Waals surface area (Å²) < 4.78 is 33.7. The summed E-state index contributed by atoms with van der Waals surface area (Å²) in [6, 6.07) is 0. The number of hydrogen-bond acceptors (Lipinski definition) is 2. The Labute approximate surface area is 53.5 Å². The van der Waals surface area contributed by atoms with Crippen LogP contribution in [0.1, 0.15) is 6.42 Å². The maximum Gasteiger partial charge on any atom is 0.397 e. The molecule has 0 fully saturated rings. The lowest BCUT2D eigenvalue weighted by molar-refractivity contribution is -0.151. The van der Waals surface area contributed by atoms with Crippen LogP contribution < -0.4 is 0 Å². The third-order valence-corrected chi connectivity index (χ3v) is 0.522. The zero-order chi connectivity index (χ0) is 8.20. The molecule has 0 aliphatic carbocycles. The first-order chi connectivity index (χ1) is 4.45. The van der Waals surface area contributed by atoms with E-state index in [-0.39, 0.29) is 0 Å². The molecule has 0 heterocycles. The van der Waals surface area contributed by atoms with Crippen LogP contribution in [0, 0.1) is 0 Å². The summed E-state index contributed by atoms with van der Waals surface area (Å²) >= 11 is 0. The molecule has 0 atom stereocenters. The first kappa shape index (κ1) is 8.84. The fourth-order valence-corrected chi connectivity index (χ4v) is 0.262. The van der Waals surface area contributed by atoms with Crippen molar-refractivity contribution in [3.05, 3.63) is 0 Å². The Morgan fingerprint density at radius 1 is 1.50 bits per heavy atom. The molecule has 10 heavy (non-hydrogen) atoms. The van der Waals surface area contributed by atoms with Gasteiger partial charge in [0.25, 0.3) is 5.91 Å². The summed E-state index contributed by atoms with van der Waals surface area (Å²) in [5.74, 6) is -1.53. The Balaban J connectivity index is 3.92. The molecule has 0 aromatic rings. The maximum absolute atomic E-state index is 11.2. The Kier molecular flexibility index (Phi) is 2.76. The van der Waals surface area contributed by atoms with Crippen molar-refractivity contribution < 1.29 is 22.8 Å². The quantitative estimate of drug-likeness (QED) is 0.413. The first-order valence-corrected chi connectivity index (χ1v) is 2.13. The van der Waals surface area contributed by atoms with Gasteiger partial charge in [0, 0.05) is 0 Å². The van der Waals surface area contributed by atoms with E-state index >= 15 is 0 Å². The van der Waals surface area contributed by atoms with E-state index in [1.54, 1.807) is 0 Å². The van der Waals surface area contributed by atoms with Crippen molar-refractivity contribution in [3.8, 4) is 0 Å². The van der Waals surface area contributed by atoms with Crippen molar-refractivity contribution >= 4 is 12.0 Å². The van der Waals surface area contributed by atoms with Gasteiger partial charge in [0.05, 0.1) is 0 Å². The van der Waals surface area contributed by atoms with E-state index in [1.165, 1.54) is 0 Å². The number of rotatable bonds is 1. The summed E-state index contributed by atoms with van der Waals surface area (Å²) in [5.41, 5.74) is 0. The number of amides is 1. The van der Waals surface area contributed by atoms with Crippen molar-refractivity contribution in [3.63, 3.8) is 0 Å². The molecular formula is C4H2F3NO2. The highest BCUT2D eigenvalue weighted by Gasteiger charge is 2.30. The van der Waals surface area contributed by atoms with Gasteiger partial charge in [-0.15, -0.1) is 4.99 Å². The Bertz CT molecular complexity index is 179. The Morgan fingerprint density at radius 3 is 2.30 bits per heavy atom. The van der Waals surface area contributed by atoms with Crippen molar-refractivity contribution in [1.82, 2.24) is 0 Å². The smallest absolute Gasteiger partial charge is 0.271 e. The van der Waals surface area contributed by atoms with Gasteiger partial charge in [0.1, 0.15) is 6.42 Å². The summed E-state index contributed by atoms with van der Waals surface area (Å²) in [4.78, 5) is 21.4. The van der Waals surface area contributed by atoms with Gasteiger partial charge in [-0.25, -0.2) is 4.79 Å². The van der Waals surface area contributed by atoms with Crippen molar-refractivity contribution in [2.24, 2.45) is 4.99 Å². The minimum Gasteiger partial charge on any atom is -0.271 e. The minimum absolute atomic E-state index is 0.716. The molecule has 56 valence electrons. The summed E-state index contributed by atoms with van der Waals surface area (Å²) in [6.07, 6.45) is -5.59. The second kappa shape index (κ2) is 3.12. The van der Waals surface area contributed by atoms with E-state index < -0.39 is 18.5 Å². The Hall–Kier alpha value is -1.16. The number of nitrogens with zero attached hydrogens (tertiary/aromatic N) is 1. The molecule has 0 aromatic heterocycles. The molecule has 0 unspecified atom stereocenters. The number of carbonyl (C=O) groups is 1. The van der Waals surface area contributed by atoms with Crippen LogP contribution in [0.25, 0.3) is 0 Å². The van der Waals surface area contributed by atoms with E-state index in [0.717, 1.165) is 0 Å². The van der Waals surface area contributed by atoms with Crippen LogP contribution in [-0.2, 0) is 9.59 Å². The molecule has 3 nitrogen and oxygen atoms in total. The average molecular weight is 153 g/mol. The van der Waals surface area contributed by atoms with Crippen LogP contribution in [0.5, 0.6) is 0 Å². The van der Waals surface area contributed by atoms with E-state index in [4.69, 9.17) is 0 Å². The molecule has 1 amide bonds. The lowest BCUT2D eigenvalue weighted by Gasteiger charge is -1.99. The first-order valence-electron chi connectivity index (χ1n) is 2.13. The summed E-state index contributed by atoms with van der Waals surface area (Å²) in [7, 11) is 0. The van der Waals surface area contributed by atoms with Gasteiger partial charge >= 0.3 is 6.18 Å². The van der Waals surface area contributed by atoms with Crippen molar-refractivity contribution in [2.75, 3.05) is 0 Å². The Morgan fingerprint density at radius 2 is 2.00 bits per heavy atom. The van der Waals surface area contributed by atoms with Gasteiger partial charge in [0.15, 0.2) is 0 Å². The molecule has 0 spiro atoms. The van der Waals surface area contributed by atoms with Crippen LogP contribution in [-0.4, -0.2) is 18.2 Å². The van der Waals surface area contributed by atoms with Crippen molar-refractivity contribution in [2.45, 2.75) is 12.6 Å². The minimum atomic E-state index is -4.60. The summed E-state index contributed by atoms with van der Waals surface area (Å²) in [6.45, 7) is 0. The van der Waals surface area contributed by atoms with Crippen LogP contribution in [0.2, 0.25) is 0 Å². The van der Waals surface area contributed by atoms with Crippen LogP contribution >= 0.6 is 0 Å². The fraction of sp³-hybridized carbons (Fsp3) is 0.500. The van der Waals surface area contributed by atoms with Gasteiger partial charge in [-0.05, 0) is 0 Å². The largest absolute Gasteiger partial charge is 0.397 e. The molecule has 0 bridgehead atoms. The highest BCUT2D eigenvalue weighted by Crippen LogP contribution is 2.19. The third kappa shape index (κ3) is 4.99. The molecule has 0 rings (SSSR count). The number of hydrogen-bond donors (Lipinski definition) is 0. The van der Waals surface area contributed by atoms with Gasteiger partial charge in [-0.2, -0.15) is 13.2 Å². The molecule has 0 aromatic carbocycles. The molecule has 0 aliphatic rings. The van der Waals surface area contributed by atoms with Crippen LogP contribution in [0.4, 0.5) is 13.2 Å².